The number of aromatic amines is 1. The van der Waals surface area contributed by atoms with E-state index in [4.69, 9.17) is 4.74 Å². The van der Waals surface area contributed by atoms with E-state index < -0.39 is 0 Å². The third kappa shape index (κ3) is 3.58. The largest absolute Gasteiger partial charge is 0.493 e. The summed E-state index contributed by atoms with van der Waals surface area (Å²) in [5, 5.41) is 8.11. The number of fused-ring (bicyclic) bond motifs is 1. The normalized spacial score (nSPS) is 20.1. The number of carbonyl (C=O) groups is 1. The summed E-state index contributed by atoms with van der Waals surface area (Å²) >= 11 is 0. The van der Waals surface area contributed by atoms with Crippen LogP contribution in [-0.2, 0) is 24.2 Å². The van der Waals surface area contributed by atoms with Crippen LogP contribution in [0.1, 0.15) is 48.6 Å². The van der Waals surface area contributed by atoms with E-state index >= 15 is 0 Å². The maximum Gasteiger partial charge on any atom is 0.237 e. The molecule has 156 valence electrons. The second kappa shape index (κ2) is 7.80. The molecule has 5 rings (SSSR count). The van der Waals surface area contributed by atoms with Gasteiger partial charge in [0.15, 0.2) is 0 Å². The zero-order valence-electron chi connectivity index (χ0n) is 17.6. The SMILES string of the molecule is CC(C)C[C@@H]1N[C@H](C(=O)NCc2ccc3c(c2)CCO3)Cc2c[nH]c3cccc1c23. The molecule has 2 aliphatic heterocycles. The van der Waals surface area contributed by atoms with Gasteiger partial charge in [-0.1, -0.05) is 38.1 Å². The van der Waals surface area contributed by atoms with Crippen molar-refractivity contribution in [1.82, 2.24) is 15.6 Å². The molecule has 0 radical (unpaired) electrons. The van der Waals surface area contributed by atoms with E-state index in [0.717, 1.165) is 36.3 Å². The Morgan fingerprint density at radius 2 is 2.13 bits per heavy atom. The first-order chi connectivity index (χ1) is 14.6. The fourth-order valence-corrected chi connectivity index (χ4v) is 4.85. The smallest absolute Gasteiger partial charge is 0.237 e. The zero-order valence-corrected chi connectivity index (χ0v) is 17.6. The summed E-state index contributed by atoms with van der Waals surface area (Å²) in [6.07, 6.45) is 4.70. The molecule has 3 heterocycles. The monoisotopic (exact) mass is 403 g/mol. The summed E-state index contributed by atoms with van der Waals surface area (Å²) in [7, 11) is 0. The van der Waals surface area contributed by atoms with Crippen LogP contribution < -0.4 is 15.4 Å². The summed E-state index contributed by atoms with van der Waals surface area (Å²) in [4.78, 5) is 16.6. The quantitative estimate of drug-likeness (QED) is 0.603. The lowest BCUT2D eigenvalue weighted by Gasteiger charge is -2.25. The van der Waals surface area contributed by atoms with Gasteiger partial charge < -0.3 is 15.0 Å². The van der Waals surface area contributed by atoms with Gasteiger partial charge in [-0.05, 0) is 53.1 Å². The number of H-pyrrole nitrogens is 1. The van der Waals surface area contributed by atoms with Crippen LogP contribution in [0.25, 0.3) is 10.9 Å². The molecule has 2 aromatic carbocycles. The Bertz CT molecular complexity index is 1090. The van der Waals surface area contributed by atoms with Gasteiger partial charge in [0.25, 0.3) is 0 Å². The van der Waals surface area contributed by atoms with Crippen LogP contribution in [-0.4, -0.2) is 23.5 Å². The average Bonchev–Trinajstić information content (AvgIpc) is 3.33. The number of hydrogen-bond donors (Lipinski definition) is 3. The van der Waals surface area contributed by atoms with Gasteiger partial charge in [0.05, 0.1) is 12.6 Å². The zero-order chi connectivity index (χ0) is 20.7. The van der Waals surface area contributed by atoms with Crippen LogP contribution in [0.2, 0.25) is 0 Å². The summed E-state index contributed by atoms with van der Waals surface area (Å²) < 4.78 is 5.58. The van der Waals surface area contributed by atoms with E-state index in [1.807, 2.05) is 12.1 Å². The highest BCUT2D eigenvalue weighted by Gasteiger charge is 2.30. The highest BCUT2D eigenvalue weighted by molar-refractivity contribution is 5.90. The first kappa shape index (κ1) is 19.2. The molecule has 1 amide bonds. The van der Waals surface area contributed by atoms with Gasteiger partial charge in [-0.25, -0.2) is 0 Å². The molecular weight excluding hydrogens is 374 g/mol. The molecule has 2 aliphatic rings. The van der Waals surface area contributed by atoms with Crippen LogP contribution in [0.4, 0.5) is 0 Å². The molecule has 3 aromatic rings. The van der Waals surface area contributed by atoms with Gasteiger partial charge in [0, 0.05) is 36.1 Å². The van der Waals surface area contributed by atoms with Gasteiger partial charge in [-0.2, -0.15) is 0 Å². The predicted molar refractivity (Wildman–Crippen MR) is 119 cm³/mol. The van der Waals surface area contributed by atoms with Crippen LogP contribution >= 0.6 is 0 Å². The van der Waals surface area contributed by atoms with Gasteiger partial charge in [0.1, 0.15) is 5.75 Å². The number of aromatic nitrogens is 1. The lowest BCUT2D eigenvalue weighted by atomic mass is 9.94. The van der Waals surface area contributed by atoms with Gasteiger partial charge >= 0.3 is 0 Å². The van der Waals surface area contributed by atoms with Crippen molar-refractivity contribution in [3.8, 4) is 5.75 Å². The minimum atomic E-state index is -0.252. The Balaban J connectivity index is 1.35. The number of nitrogens with one attached hydrogen (secondary N) is 3. The lowest BCUT2D eigenvalue weighted by molar-refractivity contribution is -0.123. The number of amides is 1. The van der Waals surface area contributed by atoms with Crippen molar-refractivity contribution in [1.29, 1.82) is 0 Å². The molecule has 0 saturated carbocycles. The third-order valence-electron chi connectivity index (χ3n) is 6.27. The average molecular weight is 404 g/mol. The highest BCUT2D eigenvalue weighted by Crippen LogP contribution is 2.34. The summed E-state index contributed by atoms with van der Waals surface area (Å²) in [6.45, 7) is 5.75. The molecule has 5 heteroatoms. The Labute approximate surface area is 177 Å². The van der Waals surface area contributed by atoms with Crippen LogP contribution in [0.15, 0.2) is 42.6 Å². The van der Waals surface area contributed by atoms with E-state index in [-0.39, 0.29) is 18.0 Å². The standard InChI is InChI=1S/C25H29N3O2/c1-15(2)10-21-19-4-3-5-20-24(19)18(14-26-20)12-22(28-21)25(29)27-13-16-6-7-23-17(11-16)8-9-30-23/h3-7,11,14-15,21-22,26,28H,8-10,12-13H2,1-2H3,(H,27,29)/t21-,22-/m0/s1. The molecule has 0 spiro atoms. The molecule has 1 aromatic heterocycles. The summed E-state index contributed by atoms with van der Waals surface area (Å²) in [6, 6.07) is 12.5. The van der Waals surface area contributed by atoms with E-state index in [2.05, 4.69) is 59.9 Å². The summed E-state index contributed by atoms with van der Waals surface area (Å²) in [5.74, 6) is 1.57. The van der Waals surface area contributed by atoms with Crippen LogP contribution in [0.5, 0.6) is 5.75 Å². The van der Waals surface area contributed by atoms with E-state index in [0.29, 0.717) is 18.9 Å². The molecular formula is C25H29N3O2. The Morgan fingerprint density at radius 3 is 3.00 bits per heavy atom. The number of hydrogen-bond acceptors (Lipinski definition) is 3. The first-order valence-electron chi connectivity index (χ1n) is 11.0. The van der Waals surface area contributed by atoms with E-state index in [9.17, 15) is 4.79 Å². The molecule has 2 atom stereocenters. The molecule has 0 fully saturated rings. The van der Waals surface area contributed by atoms with Crippen molar-refractivity contribution < 1.29 is 9.53 Å². The maximum atomic E-state index is 13.2. The Kier molecular flexibility index (Phi) is 4.99. The van der Waals surface area contributed by atoms with Crippen LogP contribution in [0.3, 0.4) is 0 Å². The molecule has 0 unspecified atom stereocenters. The Hall–Kier alpha value is -2.79. The molecule has 30 heavy (non-hydrogen) atoms. The lowest BCUT2D eigenvalue weighted by Crippen LogP contribution is -2.46. The second-order valence-corrected chi connectivity index (χ2v) is 8.95. The van der Waals surface area contributed by atoms with E-state index in [1.165, 1.54) is 22.1 Å². The number of rotatable bonds is 5. The maximum absolute atomic E-state index is 13.2. The van der Waals surface area contributed by atoms with Crippen molar-refractivity contribution in [2.24, 2.45) is 5.92 Å². The minimum absolute atomic E-state index is 0.0580. The molecule has 0 aliphatic carbocycles. The molecule has 3 N–H and O–H groups in total. The molecule has 0 saturated heterocycles. The van der Waals surface area contributed by atoms with Crippen molar-refractivity contribution in [2.45, 2.75) is 51.7 Å². The summed E-state index contributed by atoms with van der Waals surface area (Å²) in [5.41, 5.74) is 6.02. The fraction of sp³-hybridized carbons (Fsp3) is 0.400. The van der Waals surface area contributed by atoms with Crippen molar-refractivity contribution in [2.75, 3.05) is 6.61 Å². The second-order valence-electron chi connectivity index (χ2n) is 8.95. The third-order valence-corrected chi connectivity index (χ3v) is 6.27. The molecule has 5 nitrogen and oxygen atoms in total. The minimum Gasteiger partial charge on any atom is -0.493 e. The van der Waals surface area contributed by atoms with Gasteiger partial charge in [0.2, 0.25) is 5.91 Å². The predicted octanol–water partition coefficient (Wildman–Crippen LogP) is 4.02. The van der Waals surface area contributed by atoms with Crippen molar-refractivity contribution in [3.05, 3.63) is 64.8 Å². The van der Waals surface area contributed by atoms with Crippen LogP contribution in [0, 0.1) is 5.92 Å². The fourth-order valence-electron chi connectivity index (χ4n) is 4.85. The number of benzene rings is 2. The molecule has 0 bridgehead atoms. The van der Waals surface area contributed by atoms with Gasteiger partial charge in [-0.3, -0.25) is 10.1 Å². The van der Waals surface area contributed by atoms with E-state index in [1.54, 1.807) is 0 Å². The Morgan fingerprint density at radius 1 is 1.23 bits per heavy atom. The van der Waals surface area contributed by atoms with Crippen molar-refractivity contribution in [3.63, 3.8) is 0 Å². The van der Waals surface area contributed by atoms with Gasteiger partial charge in [-0.15, -0.1) is 0 Å². The first-order valence-corrected chi connectivity index (χ1v) is 11.0. The van der Waals surface area contributed by atoms with Crippen molar-refractivity contribution >= 4 is 16.8 Å². The number of ether oxygens (including phenoxy) is 1. The topological polar surface area (TPSA) is 66.2 Å². The number of carbonyl (C=O) groups excluding carboxylic acids is 1. The highest BCUT2D eigenvalue weighted by atomic mass is 16.5.